The summed E-state index contributed by atoms with van der Waals surface area (Å²) in [4.78, 5) is 14.9. The van der Waals surface area contributed by atoms with Gasteiger partial charge in [-0.05, 0) is 56.1 Å². The van der Waals surface area contributed by atoms with Gasteiger partial charge in [0.1, 0.15) is 0 Å². The second kappa shape index (κ2) is 7.41. The number of thiophene rings is 1. The van der Waals surface area contributed by atoms with Crippen molar-refractivity contribution in [3.8, 4) is 0 Å². The maximum atomic E-state index is 12.3. The van der Waals surface area contributed by atoms with Crippen molar-refractivity contribution in [2.24, 2.45) is 5.92 Å². The molecule has 2 aliphatic rings. The van der Waals surface area contributed by atoms with Crippen LogP contribution in [0.1, 0.15) is 55.3 Å². The van der Waals surface area contributed by atoms with Crippen molar-refractivity contribution in [3.63, 3.8) is 0 Å². The van der Waals surface area contributed by atoms with Crippen molar-refractivity contribution in [2.75, 3.05) is 19.6 Å². The van der Waals surface area contributed by atoms with E-state index in [4.69, 9.17) is 0 Å². The fourth-order valence-corrected chi connectivity index (χ4v) is 4.37. The SMILES string of the molecule is O=C(N[C@@H]1CCCC[C@H]1CN1CCCCC1)c1ccsc1. The fourth-order valence-electron chi connectivity index (χ4n) is 3.74. The number of nitrogens with one attached hydrogen (secondary N) is 1. The van der Waals surface area contributed by atoms with Crippen LogP contribution in [-0.4, -0.2) is 36.5 Å². The van der Waals surface area contributed by atoms with Gasteiger partial charge in [-0.2, -0.15) is 11.3 Å². The normalized spacial score (nSPS) is 27.4. The smallest absolute Gasteiger partial charge is 0.252 e. The molecule has 3 rings (SSSR count). The van der Waals surface area contributed by atoms with Gasteiger partial charge in [0.2, 0.25) is 0 Å². The van der Waals surface area contributed by atoms with Crippen molar-refractivity contribution < 1.29 is 4.79 Å². The topological polar surface area (TPSA) is 32.3 Å². The number of nitrogens with zero attached hydrogens (tertiary/aromatic N) is 1. The first-order valence-electron chi connectivity index (χ1n) is 8.38. The lowest BCUT2D eigenvalue weighted by molar-refractivity contribution is 0.0878. The van der Waals surface area contributed by atoms with Crippen molar-refractivity contribution in [2.45, 2.75) is 51.0 Å². The Morgan fingerprint density at radius 3 is 2.76 bits per heavy atom. The molecule has 1 aliphatic carbocycles. The Morgan fingerprint density at radius 2 is 2.00 bits per heavy atom. The van der Waals surface area contributed by atoms with E-state index in [0.29, 0.717) is 12.0 Å². The van der Waals surface area contributed by atoms with E-state index < -0.39 is 0 Å². The average molecular weight is 306 g/mol. The van der Waals surface area contributed by atoms with Gasteiger partial charge >= 0.3 is 0 Å². The largest absolute Gasteiger partial charge is 0.349 e. The molecule has 0 radical (unpaired) electrons. The highest BCUT2D eigenvalue weighted by Gasteiger charge is 2.28. The molecule has 2 heterocycles. The van der Waals surface area contributed by atoms with Crippen LogP contribution in [0.4, 0.5) is 0 Å². The predicted molar refractivity (Wildman–Crippen MR) is 87.8 cm³/mol. The number of carbonyl (C=O) groups is 1. The molecular weight excluding hydrogens is 280 g/mol. The molecule has 1 aromatic heterocycles. The zero-order chi connectivity index (χ0) is 14.5. The van der Waals surface area contributed by atoms with Gasteiger partial charge in [0.25, 0.3) is 5.91 Å². The van der Waals surface area contributed by atoms with Gasteiger partial charge in [0.15, 0.2) is 0 Å². The Balaban J connectivity index is 1.57. The van der Waals surface area contributed by atoms with Gasteiger partial charge in [0.05, 0.1) is 0 Å². The van der Waals surface area contributed by atoms with E-state index in [1.54, 1.807) is 11.3 Å². The van der Waals surface area contributed by atoms with Gasteiger partial charge in [-0.3, -0.25) is 4.79 Å². The summed E-state index contributed by atoms with van der Waals surface area (Å²) in [5, 5.41) is 7.22. The summed E-state index contributed by atoms with van der Waals surface area (Å²) >= 11 is 1.59. The van der Waals surface area contributed by atoms with Crippen LogP contribution in [-0.2, 0) is 0 Å². The highest BCUT2D eigenvalue weighted by molar-refractivity contribution is 7.08. The van der Waals surface area contributed by atoms with Crippen LogP contribution in [0.15, 0.2) is 16.8 Å². The number of rotatable bonds is 4. The Bertz CT molecular complexity index is 440. The van der Waals surface area contributed by atoms with Crippen LogP contribution in [0.25, 0.3) is 0 Å². The molecule has 0 aromatic carbocycles. The molecule has 2 fully saturated rings. The van der Waals surface area contributed by atoms with Crippen molar-refractivity contribution in [3.05, 3.63) is 22.4 Å². The lowest BCUT2D eigenvalue weighted by Crippen LogP contribution is -2.47. The van der Waals surface area contributed by atoms with E-state index in [0.717, 1.165) is 12.0 Å². The molecule has 1 aliphatic heterocycles. The molecule has 0 unspecified atom stereocenters. The summed E-state index contributed by atoms with van der Waals surface area (Å²) in [6.07, 6.45) is 9.07. The minimum Gasteiger partial charge on any atom is -0.349 e. The molecule has 21 heavy (non-hydrogen) atoms. The van der Waals surface area contributed by atoms with E-state index >= 15 is 0 Å². The zero-order valence-corrected chi connectivity index (χ0v) is 13.5. The summed E-state index contributed by atoms with van der Waals surface area (Å²) in [7, 11) is 0. The number of hydrogen-bond acceptors (Lipinski definition) is 3. The van der Waals surface area contributed by atoms with Gasteiger partial charge in [-0.15, -0.1) is 0 Å². The maximum absolute atomic E-state index is 12.3. The Hall–Kier alpha value is -0.870. The fraction of sp³-hybridized carbons (Fsp3) is 0.706. The van der Waals surface area contributed by atoms with Gasteiger partial charge < -0.3 is 10.2 Å². The first-order valence-corrected chi connectivity index (χ1v) is 9.32. The van der Waals surface area contributed by atoms with Crippen molar-refractivity contribution in [1.82, 2.24) is 10.2 Å². The summed E-state index contributed by atoms with van der Waals surface area (Å²) in [5.74, 6) is 0.756. The zero-order valence-electron chi connectivity index (χ0n) is 12.7. The molecule has 1 aromatic rings. The third kappa shape index (κ3) is 4.07. The third-order valence-electron chi connectivity index (χ3n) is 4.95. The van der Waals surface area contributed by atoms with Crippen molar-refractivity contribution in [1.29, 1.82) is 0 Å². The molecule has 3 nitrogen and oxygen atoms in total. The highest BCUT2D eigenvalue weighted by Crippen LogP contribution is 2.26. The first-order chi connectivity index (χ1) is 10.3. The second-order valence-corrected chi connectivity index (χ2v) is 7.28. The number of piperidine rings is 1. The lowest BCUT2D eigenvalue weighted by atomic mass is 9.83. The molecule has 1 saturated carbocycles. The van der Waals surface area contributed by atoms with E-state index in [1.807, 2.05) is 16.8 Å². The summed E-state index contributed by atoms with van der Waals surface area (Å²) in [6, 6.07) is 2.29. The standard InChI is InChI=1S/C17H26N2OS/c20-17(15-8-11-21-13-15)18-16-7-3-2-6-14(16)12-19-9-4-1-5-10-19/h8,11,13-14,16H,1-7,9-10,12H2,(H,18,20)/t14-,16+/m0/s1. The van der Waals surface area contributed by atoms with Gasteiger partial charge in [-0.25, -0.2) is 0 Å². The Kier molecular flexibility index (Phi) is 5.31. The molecule has 0 spiro atoms. The molecule has 1 amide bonds. The summed E-state index contributed by atoms with van der Waals surface area (Å²) in [5.41, 5.74) is 0.822. The molecular formula is C17H26N2OS. The molecule has 4 heteroatoms. The van der Waals surface area contributed by atoms with Crippen LogP contribution >= 0.6 is 11.3 Å². The number of amides is 1. The number of hydrogen-bond donors (Lipinski definition) is 1. The number of carbonyl (C=O) groups excluding carboxylic acids is 1. The minimum atomic E-state index is 0.117. The number of likely N-dealkylation sites (tertiary alicyclic amines) is 1. The maximum Gasteiger partial charge on any atom is 0.252 e. The second-order valence-electron chi connectivity index (χ2n) is 6.50. The molecule has 1 saturated heterocycles. The molecule has 116 valence electrons. The van der Waals surface area contributed by atoms with Crippen LogP contribution < -0.4 is 5.32 Å². The Morgan fingerprint density at radius 1 is 1.19 bits per heavy atom. The molecule has 0 bridgehead atoms. The predicted octanol–water partition coefficient (Wildman–Crippen LogP) is 3.52. The quantitative estimate of drug-likeness (QED) is 0.923. The molecule has 2 atom stereocenters. The van der Waals surface area contributed by atoms with E-state index in [2.05, 4.69) is 10.2 Å². The lowest BCUT2D eigenvalue weighted by Gasteiger charge is -2.37. The van der Waals surface area contributed by atoms with E-state index in [9.17, 15) is 4.79 Å². The van der Waals surface area contributed by atoms with E-state index in [1.165, 1.54) is 58.2 Å². The summed E-state index contributed by atoms with van der Waals surface area (Å²) < 4.78 is 0. The van der Waals surface area contributed by atoms with Crippen LogP contribution in [0, 0.1) is 5.92 Å². The van der Waals surface area contributed by atoms with Gasteiger partial charge in [0, 0.05) is 23.5 Å². The monoisotopic (exact) mass is 306 g/mol. The van der Waals surface area contributed by atoms with E-state index in [-0.39, 0.29) is 5.91 Å². The van der Waals surface area contributed by atoms with Crippen LogP contribution in [0.2, 0.25) is 0 Å². The van der Waals surface area contributed by atoms with Gasteiger partial charge in [-0.1, -0.05) is 19.3 Å². The highest BCUT2D eigenvalue weighted by atomic mass is 32.1. The first kappa shape index (κ1) is 15.0. The minimum absolute atomic E-state index is 0.117. The Labute approximate surface area is 131 Å². The average Bonchev–Trinajstić information content (AvgIpc) is 3.05. The molecule has 1 N–H and O–H groups in total. The van der Waals surface area contributed by atoms with Crippen LogP contribution in [0.5, 0.6) is 0 Å². The third-order valence-corrected chi connectivity index (χ3v) is 5.63. The summed E-state index contributed by atoms with van der Waals surface area (Å²) in [6.45, 7) is 3.68. The van der Waals surface area contributed by atoms with Crippen molar-refractivity contribution >= 4 is 17.2 Å². The van der Waals surface area contributed by atoms with Crippen LogP contribution in [0.3, 0.4) is 0 Å².